The summed E-state index contributed by atoms with van der Waals surface area (Å²) in [7, 11) is 0. The smallest absolute Gasteiger partial charge is 0.317 e. The largest absolute Gasteiger partial charge is 0.338 e. The average molecular weight is 476 g/mol. The van der Waals surface area contributed by atoms with Crippen LogP contribution in [0.3, 0.4) is 0 Å². The molecular weight excluding hydrogens is 438 g/mol. The van der Waals surface area contributed by atoms with E-state index in [1.807, 2.05) is 24.3 Å². The van der Waals surface area contributed by atoms with E-state index < -0.39 is 0 Å². The predicted molar refractivity (Wildman–Crippen MR) is 135 cm³/mol. The number of rotatable bonds is 11. The number of amides is 3. The van der Waals surface area contributed by atoms with Crippen LogP contribution in [0.2, 0.25) is 5.02 Å². The Morgan fingerprint density at radius 3 is 2.42 bits per heavy atom. The number of carbonyl (C=O) groups excluding carboxylic acids is 2. The zero-order valence-corrected chi connectivity index (χ0v) is 21.3. The maximum atomic E-state index is 13.0. The number of halogens is 1. The maximum absolute atomic E-state index is 13.0. The monoisotopic (exact) mass is 475 g/mol. The fraction of sp³-hybridized carbons (Fsp3) is 0.560. The van der Waals surface area contributed by atoms with E-state index in [0.717, 1.165) is 37.8 Å². The number of hydrogen-bond acceptors (Lipinski definition) is 3. The van der Waals surface area contributed by atoms with Gasteiger partial charge >= 0.3 is 6.03 Å². The molecule has 0 atom stereocenters. The first kappa shape index (κ1) is 26.7. The van der Waals surface area contributed by atoms with Crippen LogP contribution in [0.4, 0.5) is 10.6 Å². The minimum atomic E-state index is -0.272. The van der Waals surface area contributed by atoms with Gasteiger partial charge in [-0.25, -0.2) is 9.48 Å². The van der Waals surface area contributed by atoms with Gasteiger partial charge in [-0.1, -0.05) is 77.6 Å². The molecule has 0 bridgehead atoms. The topological polar surface area (TPSA) is 79.3 Å². The average Bonchev–Trinajstić information content (AvgIpc) is 3.17. The standard InChI is InChI=1S/C25H38ClN5O2/c1-6-8-12-16-30(24(33)27-15-9-7-2)18-23(32)28-22-17-21(25(3,4)5)29-31(22)20-14-11-10-13-19(20)26/h10-11,13-14,17H,6-9,12,15-16,18H2,1-5H3,(H,27,33)(H,28,32). The second kappa shape index (κ2) is 12.6. The highest BCUT2D eigenvalue weighted by Crippen LogP contribution is 2.29. The Hall–Kier alpha value is -2.54. The molecule has 0 aliphatic carbocycles. The quantitative estimate of drug-likeness (QED) is 0.405. The lowest BCUT2D eigenvalue weighted by atomic mass is 9.92. The lowest BCUT2D eigenvalue weighted by Gasteiger charge is -2.22. The van der Waals surface area contributed by atoms with Crippen molar-refractivity contribution in [2.75, 3.05) is 25.0 Å². The molecule has 7 nitrogen and oxygen atoms in total. The van der Waals surface area contributed by atoms with Crippen LogP contribution in [0.15, 0.2) is 30.3 Å². The Kier molecular flexibility index (Phi) is 10.2. The van der Waals surface area contributed by atoms with Crippen molar-refractivity contribution in [1.29, 1.82) is 0 Å². The first-order valence-electron chi connectivity index (χ1n) is 11.9. The van der Waals surface area contributed by atoms with Crippen molar-refractivity contribution < 1.29 is 9.59 Å². The minimum absolute atomic E-state index is 0.0276. The van der Waals surface area contributed by atoms with Gasteiger partial charge in [0.25, 0.3) is 0 Å². The van der Waals surface area contributed by atoms with E-state index in [-0.39, 0.29) is 23.9 Å². The summed E-state index contributed by atoms with van der Waals surface area (Å²) in [5.41, 5.74) is 1.30. The zero-order chi connectivity index (χ0) is 24.4. The molecule has 0 aliphatic heterocycles. The summed E-state index contributed by atoms with van der Waals surface area (Å²) in [6.07, 6.45) is 4.82. The first-order valence-corrected chi connectivity index (χ1v) is 12.2. The number of nitrogens with one attached hydrogen (secondary N) is 2. The lowest BCUT2D eigenvalue weighted by Crippen LogP contribution is -2.44. The number of anilines is 1. The number of urea groups is 1. The van der Waals surface area contributed by atoms with Crippen LogP contribution in [0, 0.1) is 0 Å². The molecule has 2 rings (SSSR count). The summed E-state index contributed by atoms with van der Waals surface area (Å²) >= 11 is 6.41. The van der Waals surface area contributed by atoms with E-state index in [1.54, 1.807) is 15.6 Å². The van der Waals surface area contributed by atoms with Crippen LogP contribution in [-0.4, -0.2) is 46.3 Å². The molecule has 0 aliphatic rings. The molecule has 0 radical (unpaired) electrons. The summed E-state index contributed by atoms with van der Waals surface area (Å²) < 4.78 is 1.66. The van der Waals surface area contributed by atoms with E-state index in [9.17, 15) is 9.59 Å². The van der Waals surface area contributed by atoms with E-state index in [0.29, 0.717) is 29.6 Å². The van der Waals surface area contributed by atoms with Gasteiger partial charge in [-0.15, -0.1) is 0 Å². The third-order valence-corrected chi connectivity index (χ3v) is 5.61. The lowest BCUT2D eigenvalue weighted by molar-refractivity contribution is -0.116. The summed E-state index contributed by atoms with van der Waals surface area (Å²) in [6.45, 7) is 11.5. The van der Waals surface area contributed by atoms with Crippen molar-refractivity contribution in [3.05, 3.63) is 41.0 Å². The summed E-state index contributed by atoms with van der Waals surface area (Å²) in [5.74, 6) is 0.253. The van der Waals surface area contributed by atoms with Crippen LogP contribution in [-0.2, 0) is 10.2 Å². The highest BCUT2D eigenvalue weighted by molar-refractivity contribution is 6.32. The number of carbonyl (C=O) groups is 2. The number of aromatic nitrogens is 2. The molecule has 8 heteroatoms. The second-order valence-corrected chi connectivity index (χ2v) is 9.70. The number of nitrogens with zero attached hydrogens (tertiary/aromatic N) is 3. The van der Waals surface area contributed by atoms with Gasteiger partial charge in [0, 0.05) is 24.6 Å². The second-order valence-electron chi connectivity index (χ2n) is 9.29. The molecule has 0 saturated heterocycles. The fourth-order valence-electron chi connectivity index (χ4n) is 3.29. The van der Waals surface area contributed by atoms with Gasteiger partial charge < -0.3 is 15.5 Å². The molecule has 182 valence electrons. The molecule has 2 N–H and O–H groups in total. The Labute approximate surface area is 202 Å². The maximum Gasteiger partial charge on any atom is 0.317 e. The van der Waals surface area contributed by atoms with Crippen LogP contribution in [0.1, 0.15) is 72.4 Å². The van der Waals surface area contributed by atoms with E-state index in [1.165, 1.54) is 0 Å². The summed E-state index contributed by atoms with van der Waals surface area (Å²) in [6, 6.07) is 9.03. The third kappa shape index (κ3) is 8.07. The Morgan fingerprint density at radius 1 is 1.09 bits per heavy atom. The molecule has 1 aromatic heterocycles. The zero-order valence-electron chi connectivity index (χ0n) is 20.6. The number of benzene rings is 1. The Morgan fingerprint density at radius 2 is 1.79 bits per heavy atom. The van der Waals surface area contributed by atoms with Crippen molar-refractivity contribution in [2.45, 2.75) is 72.1 Å². The van der Waals surface area contributed by atoms with Crippen LogP contribution in [0.25, 0.3) is 5.69 Å². The van der Waals surface area contributed by atoms with E-state index in [4.69, 9.17) is 16.7 Å². The van der Waals surface area contributed by atoms with Crippen molar-refractivity contribution in [3.8, 4) is 5.69 Å². The highest BCUT2D eigenvalue weighted by Gasteiger charge is 2.23. The fourth-order valence-corrected chi connectivity index (χ4v) is 3.50. The number of unbranched alkanes of at least 4 members (excludes halogenated alkanes) is 3. The number of hydrogen-bond donors (Lipinski definition) is 2. The van der Waals surface area contributed by atoms with Gasteiger partial charge in [0.05, 0.1) is 16.4 Å². The molecular formula is C25H38ClN5O2. The molecule has 2 aromatic rings. The number of para-hydroxylation sites is 1. The SMILES string of the molecule is CCCCCN(CC(=O)Nc1cc(C(C)(C)C)nn1-c1ccccc1Cl)C(=O)NCCCC. The molecule has 3 amide bonds. The molecule has 0 spiro atoms. The molecule has 1 aromatic carbocycles. The van der Waals surface area contributed by atoms with Gasteiger partial charge in [-0.2, -0.15) is 5.10 Å². The Balaban J connectivity index is 2.22. The van der Waals surface area contributed by atoms with E-state index >= 15 is 0 Å². The van der Waals surface area contributed by atoms with Crippen molar-refractivity contribution >= 4 is 29.4 Å². The predicted octanol–water partition coefficient (Wildman–Crippen LogP) is 5.76. The van der Waals surface area contributed by atoms with E-state index in [2.05, 4.69) is 45.3 Å². The van der Waals surface area contributed by atoms with Crippen LogP contribution < -0.4 is 10.6 Å². The van der Waals surface area contributed by atoms with Gasteiger partial charge in [-0.3, -0.25) is 4.79 Å². The minimum Gasteiger partial charge on any atom is -0.338 e. The molecule has 33 heavy (non-hydrogen) atoms. The Bertz CT molecular complexity index is 920. The highest BCUT2D eigenvalue weighted by atomic mass is 35.5. The molecule has 0 fully saturated rings. The van der Waals surface area contributed by atoms with Gasteiger partial charge in [-0.05, 0) is 25.0 Å². The van der Waals surface area contributed by atoms with Gasteiger partial charge in [0.1, 0.15) is 12.4 Å². The normalized spacial score (nSPS) is 11.3. The van der Waals surface area contributed by atoms with Crippen molar-refractivity contribution in [3.63, 3.8) is 0 Å². The molecule has 1 heterocycles. The molecule has 0 unspecified atom stereocenters. The van der Waals surface area contributed by atoms with Crippen LogP contribution >= 0.6 is 11.6 Å². The van der Waals surface area contributed by atoms with Gasteiger partial charge in [0.2, 0.25) is 5.91 Å². The first-order chi connectivity index (χ1) is 15.7. The summed E-state index contributed by atoms with van der Waals surface area (Å²) in [5, 5.41) is 11.1. The van der Waals surface area contributed by atoms with Crippen LogP contribution in [0.5, 0.6) is 0 Å². The molecule has 0 saturated carbocycles. The summed E-state index contributed by atoms with van der Waals surface area (Å²) in [4.78, 5) is 27.3. The van der Waals surface area contributed by atoms with Crippen molar-refractivity contribution in [2.24, 2.45) is 0 Å². The third-order valence-electron chi connectivity index (χ3n) is 5.29. The van der Waals surface area contributed by atoms with Crippen molar-refractivity contribution in [1.82, 2.24) is 20.0 Å². The van der Waals surface area contributed by atoms with Gasteiger partial charge in [0.15, 0.2) is 0 Å².